The molecule has 2 amide bonds. The van der Waals surface area contributed by atoms with Gasteiger partial charge in [-0.15, -0.1) is 0 Å². The number of likely N-dealkylation sites (tertiary alicyclic amines) is 1. The molecule has 1 aromatic carbocycles. The maximum atomic E-state index is 13.7. The van der Waals surface area contributed by atoms with Crippen LogP contribution in [0.15, 0.2) is 18.2 Å². The maximum absolute atomic E-state index is 13.7. The number of rotatable bonds is 2. The van der Waals surface area contributed by atoms with Crippen molar-refractivity contribution < 1.29 is 18.4 Å². The van der Waals surface area contributed by atoms with Gasteiger partial charge in [-0.05, 0) is 25.0 Å². The highest BCUT2D eigenvalue weighted by Crippen LogP contribution is 2.22. The summed E-state index contributed by atoms with van der Waals surface area (Å²) >= 11 is 0. The molecule has 7 heteroatoms. The second-order valence-electron chi connectivity index (χ2n) is 6.27. The van der Waals surface area contributed by atoms with Gasteiger partial charge in [0.05, 0.1) is 5.56 Å². The Kier molecular flexibility index (Phi) is 5.08. The van der Waals surface area contributed by atoms with Crippen molar-refractivity contribution in [3.63, 3.8) is 0 Å². The predicted octanol–water partition coefficient (Wildman–Crippen LogP) is 1.25. The summed E-state index contributed by atoms with van der Waals surface area (Å²) in [7, 11) is 0. The summed E-state index contributed by atoms with van der Waals surface area (Å²) in [4.78, 5) is 28.3. The SMILES string of the molecule is O=C(c1ccc(F)cc1F)N1CCC(C(=O)N2CCNCC2)CC1. The Bertz CT molecular complexity index is 624. The molecule has 130 valence electrons. The molecule has 1 N–H and O–H groups in total. The van der Waals surface area contributed by atoms with Crippen molar-refractivity contribution in [2.24, 2.45) is 5.92 Å². The highest BCUT2D eigenvalue weighted by molar-refractivity contribution is 5.94. The van der Waals surface area contributed by atoms with Gasteiger partial charge < -0.3 is 15.1 Å². The number of carbonyl (C=O) groups is 2. The van der Waals surface area contributed by atoms with Crippen molar-refractivity contribution in [1.29, 1.82) is 0 Å². The molecule has 3 rings (SSSR count). The number of nitrogens with zero attached hydrogens (tertiary/aromatic N) is 2. The van der Waals surface area contributed by atoms with Crippen LogP contribution in [-0.4, -0.2) is 60.9 Å². The molecule has 24 heavy (non-hydrogen) atoms. The Balaban J connectivity index is 1.58. The molecule has 0 unspecified atom stereocenters. The summed E-state index contributed by atoms with van der Waals surface area (Å²) in [5, 5.41) is 3.21. The normalized spacial score (nSPS) is 19.4. The average molecular weight is 337 g/mol. The Hall–Kier alpha value is -2.02. The van der Waals surface area contributed by atoms with E-state index in [1.165, 1.54) is 11.0 Å². The summed E-state index contributed by atoms with van der Waals surface area (Å²) < 4.78 is 26.7. The largest absolute Gasteiger partial charge is 0.340 e. The second-order valence-corrected chi connectivity index (χ2v) is 6.27. The lowest BCUT2D eigenvalue weighted by atomic mass is 9.94. The number of piperidine rings is 1. The number of carbonyl (C=O) groups excluding carboxylic acids is 2. The van der Waals surface area contributed by atoms with Gasteiger partial charge in [-0.3, -0.25) is 9.59 Å². The number of hydrogen-bond donors (Lipinski definition) is 1. The van der Waals surface area contributed by atoms with Crippen molar-refractivity contribution in [2.75, 3.05) is 39.3 Å². The highest BCUT2D eigenvalue weighted by atomic mass is 19.1. The van der Waals surface area contributed by atoms with Crippen LogP contribution in [0.4, 0.5) is 8.78 Å². The van der Waals surface area contributed by atoms with E-state index in [9.17, 15) is 18.4 Å². The standard InChI is InChI=1S/C17H21F2N3O2/c18-13-1-2-14(15(19)11-13)17(24)21-7-3-12(4-8-21)16(23)22-9-5-20-6-10-22/h1-2,11-12,20H,3-10H2. The quantitative estimate of drug-likeness (QED) is 0.884. The van der Waals surface area contributed by atoms with Crippen molar-refractivity contribution >= 4 is 11.8 Å². The van der Waals surface area contributed by atoms with Crippen LogP contribution in [-0.2, 0) is 4.79 Å². The molecule has 2 saturated heterocycles. The first-order chi connectivity index (χ1) is 11.6. The van der Waals surface area contributed by atoms with Gasteiger partial charge >= 0.3 is 0 Å². The number of halogens is 2. The van der Waals surface area contributed by atoms with Crippen LogP contribution in [0.25, 0.3) is 0 Å². The number of piperazine rings is 1. The molecule has 0 radical (unpaired) electrons. The van der Waals surface area contributed by atoms with Gasteiger partial charge in [0.25, 0.3) is 5.91 Å². The zero-order valence-electron chi connectivity index (χ0n) is 13.4. The van der Waals surface area contributed by atoms with Crippen molar-refractivity contribution in [2.45, 2.75) is 12.8 Å². The van der Waals surface area contributed by atoms with Gasteiger partial charge in [-0.2, -0.15) is 0 Å². The van der Waals surface area contributed by atoms with Crippen molar-refractivity contribution in [3.05, 3.63) is 35.4 Å². The van der Waals surface area contributed by atoms with E-state index in [1.54, 1.807) is 0 Å². The van der Waals surface area contributed by atoms with E-state index >= 15 is 0 Å². The third-order valence-corrected chi connectivity index (χ3v) is 4.72. The fourth-order valence-electron chi connectivity index (χ4n) is 3.31. The average Bonchev–Trinajstić information content (AvgIpc) is 2.61. The fraction of sp³-hybridized carbons (Fsp3) is 0.529. The number of nitrogens with one attached hydrogen (secondary N) is 1. The van der Waals surface area contributed by atoms with Gasteiger partial charge in [0.15, 0.2) is 0 Å². The lowest BCUT2D eigenvalue weighted by molar-refractivity contribution is -0.137. The van der Waals surface area contributed by atoms with Gasteiger partial charge in [0.1, 0.15) is 11.6 Å². The minimum Gasteiger partial charge on any atom is -0.340 e. The monoisotopic (exact) mass is 337 g/mol. The predicted molar refractivity (Wildman–Crippen MR) is 84.4 cm³/mol. The Labute approximate surface area is 139 Å². The van der Waals surface area contributed by atoms with E-state index in [1.807, 2.05) is 4.90 Å². The summed E-state index contributed by atoms with van der Waals surface area (Å²) in [6.07, 6.45) is 1.16. The van der Waals surface area contributed by atoms with E-state index < -0.39 is 17.5 Å². The summed E-state index contributed by atoms with van der Waals surface area (Å²) in [6.45, 7) is 3.90. The molecule has 0 atom stereocenters. The zero-order chi connectivity index (χ0) is 17.1. The molecule has 1 aromatic rings. The van der Waals surface area contributed by atoms with Gasteiger partial charge in [0.2, 0.25) is 5.91 Å². The molecule has 5 nitrogen and oxygen atoms in total. The Morgan fingerprint density at radius 1 is 1.00 bits per heavy atom. The first kappa shape index (κ1) is 16.8. The third kappa shape index (κ3) is 3.56. The van der Waals surface area contributed by atoms with Gasteiger partial charge in [-0.25, -0.2) is 8.78 Å². The van der Waals surface area contributed by atoms with Crippen LogP contribution in [0.1, 0.15) is 23.2 Å². The highest BCUT2D eigenvalue weighted by Gasteiger charge is 2.31. The van der Waals surface area contributed by atoms with Crippen molar-refractivity contribution in [1.82, 2.24) is 15.1 Å². The van der Waals surface area contributed by atoms with Crippen LogP contribution in [0.2, 0.25) is 0 Å². The number of amides is 2. The lowest BCUT2D eigenvalue weighted by Gasteiger charge is -2.35. The van der Waals surface area contributed by atoms with Crippen LogP contribution in [0.5, 0.6) is 0 Å². The summed E-state index contributed by atoms with van der Waals surface area (Å²) in [5.74, 6) is -1.93. The molecule has 2 heterocycles. The van der Waals surface area contributed by atoms with Crippen LogP contribution < -0.4 is 5.32 Å². The number of benzene rings is 1. The number of hydrogen-bond acceptors (Lipinski definition) is 3. The Morgan fingerprint density at radius 3 is 2.29 bits per heavy atom. The molecule has 0 aliphatic carbocycles. The van der Waals surface area contributed by atoms with Crippen molar-refractivity contribution in [3.8, 4) is 0 Å². The summed E-state index contributed by atoms with van der Waals surface area (Å²) in [5.41, 5.74) is -0.122. The molecule has 2 aliphatic rings. The molecular formula is C17H21F2N3O2. The van der Waals surface area contributed by atoms with E-state index in [-0.39, 0.29) is 17.4 Å². The topological polar surface area (TPSA) is 52.7 Å². The van der Waals surface area contributed by atoms with Crippen LogP contribution in [0, 0.1) is 17.6 Å². The molecule has 0 saturated carbocycles. The fourth-order valence-corrected chi connectivity index (χ4v) is 3.31. The van der Waals surface area contributed by atoms with E-state index in [2.05, 4.69) is 5.32 Å². The minimum atomic E-state index is -0.848. The van der Waals surface area contributed by atoms with Gasteiger partial charge in [-0.1, -0.05) is 0 Å². The zero-order valence-corrected chi connectivity index (χ0v) is 13.4. The third-order valence-electron chi connectivity index (χ3n) is 4.72. The van der Waals surface area contributed by atoms with E-state index in [0.717, 1.165) is 32.2 Å². The molecule has 2 aliphatic heterocycles. The van der Waals surface area contributed by atoms with Crippen LogP contribution >= 0.6 is 0 Å². The lowest BCUT2D eigenvalue weighted by Crippen LogP contribution is -2.50. The molecule has 0 spiro atoms. The maximum Gasteiger partial charge on any atom is 0.256 e. The van der Waals surface area contributed by atoms with Gasteiger partial charge in [0, 0.05) is 51.3 Å². The minimum absolute atomic E-state index is 0.0785. The molecule has 2 fully saturated rings. The first-order valence-electron chi connectivity index (χ1n) is 8.30. The smallest absolute Gasteiger partial charge is 0.256 e. The second kappa shape index (κ2) is 7.25. The van der Waals surface area contributed by atoms with E-state index in [0.29, 0.717) is 32.0 Å². The molecule has 0 bridgehead atoms. The van der Waals surface area contributed by atoms with Crippen LogP contribution in [0.3, 0.4) is 0 Å². The first-order valence-corrected chi connectivity index (χ1v) is 8.30. The molecular weight excluding hydrogens is 316 g/mol. The Morgan fingerprint density at radius 2 is 1.67 bits per heavy atom. The van der Waals surface area contributed by atoms with E-state index in [4.69, 9.17) is 0 Å². The summed E-state index contributed by atoms with van der Waals surface area (Å²) in [6, 6.07) is 2.97. The molecule has 0 aromatic heterocycles.